The number of likely N-dealkylation sites (N-methyl/N-ethyl adjacent to an activating group) is 1. The lowest BCUT2D eigenvalue weighted by Gasteiger charge is -2.29. The lowest BCUT2D eigenvalue weighted by molar-refractivity contribution is 0.0517. The number of hydrogen-bond acceptors (Lipinski definition) is 6. The Morgan fingerprint density at radius 1 is 1.30 bits per heavy atom. The van der Waals surface area contributed by atoms with E-state index in [1.54, 1.807) is 11.9 Å². The van der Waals surface area contributed by atoms with Gasteiger partial charge in [0.1, 0.15) is 6.61 Å². The van der Waals surface area contributed by atoms with Crippen LogP contribution in [0.25, 0.3) is 0 Å². The second-order valence-corrected chi connectivity index (χ2v) is 7.13. The smallest absolute Gasteiger partial charge is 0.276 e. The van der Waals surface area contributed by atoms with Crippen molar-refractivity contribution < 1.29 is 14.3 Å². The number of aromatic nitrogens is 3. The van der Waals surface area contributed by atoms with Crippen molar-refractivity contribution in [3.63, 3.8) is 0 Å². The fourth-order valence-electron chi connectivity index (χ4n) is 3.66. The van der Waals surface area contributed by atoms with Gasteiger partial charge >= 0.3 is 0 Å². The predicted molar refractivity (Wildman–Crippen MR) is 99.2 cm³/mol. The summed E-state index contributed by atoms with van der Waals surface area (Å²) in [6.07, 6.45) is 1.79. The molecule has 1 aromatic carbocycles. The van der Waals surface area contributed by atoms with Gasteiger partial charge in [0, 0.05) is 7.05 Å². The summed E-state index contributed by atoms with van der Waals surface area (Å²) in [7, 11) is 1.76. The first-order valence-electron chi connectivity index (χ1n) is 9.40. The van der Waals surface area contributed by atoms with Gasteiger partial charge in [-0.15, -0.1) is 5.10 Å². The van der Waals surface area contributed by atoms with E-state index in [0.717, 1.165) is 37.4 Å². The largest absolute Gasteiger partial charge is 0.486 e. The Balaban J connectivity index is 1.42. The molecule has 3 heterocycles. The first-order chi connectivity index (χ1) is 13.1. The molecule has 2 aromatic rings. The normalized spacial score (nSPS) is 19.7. The minimum atomic E-state index is -0.214. The Kier molecular flexibility index (Phi) is 4.98. The number of piperidine rings is 1. The third kappa shape index (κ3) is 3.62. The highest BCUT2D eigenvalue weighted by Crippen LogP contribution is 2.31. The number of hydrogen-bond donors (Lipinski definition) is 1. The standard InChI is InChI=1S/C19H25N5O3/c1-13-18(21-22-24(13)14-7-9-20-10-8-14)19(25)23(2)11-15-12-26-16-5-3-4-6-17(16)27-15/h3-6,14-15,20H,7-12H2,1-2H3/t15-/m0/s1. The monoisotopic (exact) mass is 371 g/mol. The zero-order valence-electron chi connectivity index (χ0n) is 15.7. The maximum absolute atomic E-state index is 12.9. The summed E-state index contributed by atoms with van der Waals surface area (Å²) in [5.41, 5.74) is 1.23. The second-order valence-electron chi connectivity index (χ2n) is 7.13. The van der Waals surface area contributed by atoms with Crippen LogP contribution in [0.4, 0.5) is 0 Å². The molecule has 27 heavy (non-hydrogen) atoms. The summed E-state index contributed by atoms with van der Waals surface area (Å²) in [4.78, 5) is 14.5. The van der Waals surface area contributed by atoms with Crippen LogP contribution in [0.1, 0.15) is 35.1 Å². The molecule has 8 heteroatoms. The van der Waals surface area contributed by atoms with Gasteiger partial charge in [-0.25, -0.2) is 4.68 Å². The van der Waals surface area contributed by atoms with Crippen molar-refractivity contribution in [1.82, 2.24) is 25.2 Å². The van der Waals surface area contributed by atoms with Gasteiger partial charge in [0.2, 0.25) is 0 Å². The number of benzene rings is 1. The van der Waals surface area contributed by atoms with Crippen LogP contribution < -0.4 is 14.8 Å². The summed E-state index contributed by atoms with van der Waals surface area (Å²) in [5, 5.41) is 11.8. The SMILES string of the molecule is Cc1c(C(=O)N(C)C[C@H]2COc3ccccc3O2)nnn1C1CCNCC1. The van der Waals surface area contributed by atoms with E-state index >= 15 is 0 Å². The number of ether oxygens (including phenoxy) is 2. The van der Waals surface area contributed by atoms with E-state index in [2.05, 4.69) is 15.6 Å². The Labute approximate surface area is 158 Å². The summed E-state index contributed by atoms with van der Waals surface area (Å²) in [6.45, 7) is 4.68. The average molecular weight is 371 g/mol. The molecule has 144 valence electrons. The molecule has 0 bridgehead atoms. The van der Waals surface area contributed by atoms with E-state index in [0.29, 0.717) is 30.6 Å². The van der Waals surface area contributed by atoms with Crippen molar-refractivity contribution in [1.29, 1.82) is 0 Å². The van der Waals surface area contributed by atoms with E-state index in [-0.39, 0.29) is 12.0 Å². The molecular formula is C19H25N5O3. The number of para-hydroxylation sites is 2. The van der Waals surface area contributed by atoms with Crippen LogP contribution in [0.3, 0.4) is 0 Å². The van der Waals surface area contributed by atoms with Gasteiger partial charge < -0.3 is 19.7 Å². The molecule has 0 saturated carbocycles. The molecule has 1 amide bonds. The van der Waals surface area contributed by atoms with E-state index in [9.17, 15) is 4.79 Å². The highest BCUT2D eigenvalue weighted by molar-refractivity contribution is 5.93. The molecule has 1 fully saturated rings. The highest BCUT2D eigenvalue weighted by atomic mass is 16.6. The third-order valence-electron chi connectivity index (χ3n) is 5.18. The van der Waals surface area contributed by atoms with E-state index in [4.69, 9.17) is 9.47 Å². The van der Waals surface area contributed by atoms with Gasteiger partial charge in [0.05, 0.1) is 18.3 Å². The fourth-order valence-corrected chi connectivity index (χ4v) is 3.66. The minimum absolute atomic E-state index is 0.143. The Morgan fingerprint density at radius 3 is 2.81 bits per heavy atom. The quantitative estimate of drug-likeness (QED) is 0.876. The van der Waals surface area contributed by atoms with Gasteiger partial charge in [-0.2, -0.15) is 0 Å². The number of carbonyl (C=O) groups excluding carboxylic acids is 1. The number of fused-ring (bicyclic) bond motifs is 1. The van der Waals surface area contributed by atoms with E-state index < -0.39 is 0 Å². The van der Waals surface area contributed by atoms with Crippen molar-refractivity contribution >= 4 is 5.91 Å². The van der Waals surface area contributed by atoms with Gasteiger partial charge in [-0.05, 0) is 45.0 Å². The van der Waals surface area contributed by atoms with E-state index in [1.807, 2.05) is 35.9 Å². The third-order valence-corrected chi connectivity index (χ3v) is 5.18. The molecule has 0 aliphatic carbocycles. The van der Waals surface area contributed by atoms with Crippen molar-refractivity contribution in [2.45, 2.75) is 31.9 Å². The molecule has 2 aliphatic heterocycles. The molecule has 4 rings (SSSR count). The maximum Gasteiger partial charge on any atom is 0.276 e. The minimum Gasteiger partial charge on any atom is -0.486 e. The Bertz CT molecular complexity index is 815. The van der Waals surface area contributed by atoms with Crippen molar-refractivity contribution in [2.24, 2.45) is 0 Å². The zero-order valence-corrected chi connectivity index (χ0v) is 15.7. The topological polar surface area (TPSA) is 81.5 Å². The lowest BCUT2D eigenvalue weighted by Crippen LogP contribution is -2.42. The summed E-state index contributed by atoms with van der Waals surface area (Å²) in [6, 6.07) is 7.87. The van der Waals surface area contributed by atoms with Crippen LogP contribution >= 0.6 is 0 Å². The van der Waals surface area contributed by atoms with Crippen molar-refractivity contribution in [3.8, 4) is 11.5 Å². The fraction of sp³-hybridized carbons (Fsp3) is 0.526. The van der Waals surface area contributed by atoms with Crippen LogP contribution in [0, 0.1) is 6.92 Å². The second kappa shape index (κ2) is 7.56. The molecule has 0 radical (unpaired) electrons. The maximum atomic E-state index is 12.9. The van der Waals surface area contributed by atoms with Crippen LogP contribution in [0.5, 0.6) is 11.5 Å². The summed E-state index contributed by atoms with van der Waals surface area (Å²) in [5.74, 6) is 1.31. The van der Waals surface area contributed by atoms with Crippen LogP contribution in [-0.2, 0) is 0 Å². The lowest BCUT2D eigenvalue weighted by atomic mass is 10.1. The predicted octanol–water partition coefficient (Wildman–Crippen LogP) is 1.42. The average Bonchev–Trinajstić information content (AvgIpc) is 3.09. The first-order valence-corrected chi connectivity index (χ1v) is 9.40. The van der Waals surface area contributed by atoms with Crippen LogP contribution in [0.2, 0.25) is 0 Å². The first kappa shape index (κ1) is 17.8. The number of nitrogens with one attached hydrogen (secondary N) is 1. The number of carbonyl (C=O) groups is 1. The van der Waals surface area contributed by atoms with Crippen molar-refractivity contribution in [3.05, 3.63) is 35.7 Å². The van der Waals surface area contributed by atoms with Crippen LogP contribution in [-0.4, -0.2) is 65.2 Å². The molecule has 0 unspecified atom stereocenters. The van der Waals surface area contributed by atoms with Gasteiger partial charge in [0.25, 0.3) is 5.91 Å². The van der Waals surface area contributed by atoms with Crippen molar-refractivity contribution in [2.75, 3.05) is 33.3 Å². The molecule has 1 N–H and O–H groups in total. The molecule has 0 spiro atoms. The highest BCUT2D eigenvalue weighted by Gasteiger charge is 2.28. The van der Waals surface area contributed by atoms with E-state index in [1.165, 1.54) is 0 Å². The summed E-state index contributed by atoms with van der Waals surface area (Å²) >= 11 is 0. The number of rotatable bonds is 4. The molecule has 8 nitrogen and oxygen atoms in total. The van der Waals surface area contributed by atoms with Gasteiger partial charge in [-0.3, -0.25) is 4.79 Å². The number of nitrogens with zero attached hydrogens (tertiary/aromatic N) is 4. The van der Waals surface area contributed by atoms with Gasteiger partial charge in [0.15, 0.2) is 23.3 Å². The summed E-state index contributed by atoms with van der Waals surface area (Å²) < 4.78 is 13.6. The Morgan fingerprint density at radius 2 is 2.04 bits per heavy atom. The molecule has 1 aromatic heterocycles. The van der Waals surface area contributed by atoms with Crippen LogP contribution in [0.15, 0.2) is 24.3 Å². The molecule has 1 saturated heterocycles. The van der Waals surface area contributed by atoms with Gasteiger partial charge in [-0.1, -0.05) is 17.3 Å². The molecule has 2 aliphatic rings. The Hall–Kier alpha value is -2.61. The molecular weight excluding hydrogens is 346 g/mol. The zero-order chi connectivity index (χ0) is 18.8. The number of amides is 1. The molecule has 1 atom stereocenters.